The molecule has 0 bridgehead atoms. The van der Waals surface area contributed by atoms with Gasteiger partial charge >= 0.3 is 0 Å². The first-order valence-electron chi connectivity index (χ1n) is 5.64. The molecule has 19 heavy (non-hydrogen) atoms. The van der Waals surface area contributed by atoms with Crippen molar-refractivity contribution in [1.29, 1.82) is 0 Å². The third-order valence-electron chi connectivity index (χ3n) is 2.68. The lowest BCUT2D eigenvalue weighted by molar-refractivity contribution is 0.100. The molecule has 2 rings (SSSR count). The lowest BCUT2D eigenvalue weighted by atomic mass is 10.1. The van der Waals surface area contributed by atoms with Gasteiger partial charge < -0.3 is 11.1 Å². The van der Waals surface area contributed by atoms with Crippen molar-refractivity contribution in [3.05, 3.63) is 64.4 Å². The van der Waals surface area contributed by atoms with Gasteiger partial charge in [-0.05, 0) is 24.3 Å². The molecule has 2 aromatic rings. The van der Waals surface area contributed by atoms with Crippen LogP contribution in [0.2, 0.25) is 5.02 Å². The molecule has 0 fully saturated rings. The first-order valence-corrected chi connectivity index (χ1v) is 6.02. The molecule has 2 aromatic carbocycles. The maximum atomic E-state index is 13.5. The number of amides is 1. The lowest BCUT2D eigenvalue weighted by Gasteiger charge is -2.10. The van der Waals surface area contributed by atoms with Gasteiger partial charge in [0.2, 0.25) is 5.91 Å². The third-order valence-corrected chi connectivity index (χ3v) is 3.01. The summed E-state index contributed by atoms with van der Waals surface area (Å²) in [5.74, 6) is -0.831. The average Bonchev–Trinajstić information content (AvgIpc) is 2.39. The molecule has 0 saturated heterocycles. The molecule has 0 aliphatic rings. The standard InChI is InChI=1S/C14H12ClFN2O/c15-11-6-5-9(14(17)19)7-13(11)18-8-10-3-1-2-4-12(10)16/h1-7,18H,8H2,(H2,17,19). The minimum atomic E-state index is -0.536. The van der Waals surface area contributed by atoms with Gasteiger partial charge in [0.1, 0.15) is 5.82 Å². The Morgan fingerprint density at radius 1 is 1.26 bits per heavy atom. The quantitative estimate of drug-likeness (QED) is 0.902. The van der Waals surface area contributed by atoms with Crippen molar-refractivity contribution in [3.63, 3.8) is 0 Å². The molecular formula is C14H12ClFN2O. The summed E-state index contributed by atoms with van der Waals surface area (Å²) in [6.07, 6.45) is 0. The first kappa shape index (κ1) is 13.4. The van der Waals surface area contributed by atoms with Gasteiger partial charge in [0, 0.05) is 17.7 Å². The summed E-state index contributed by atoms with van der Waals surface area (Å²) in [6, 6.07) is 11.1. The minimum absolute atomic E-state index is 0.272. The lowest BCUT2D eigenvalue weighted by Crippen LogP contribution is -2.11. The van der Waals surface area contributed by atoms with Crippen LogP contribution in [-0.2, 0) is 6.54 Å². The van der Waals surface area contributed by atoms with E-state index in [4.69, 9.17) is 17.3 Å². The van der Waals surface area contributed by atoms with Gasteiger partial charge in [-0.1, -0.05) is 29.8 Å². The van der Waals surface area contributed by atoms with E-state index in [0.717, 1.165) is 0 Å². The fourth-order valence-electron chi connectivity index (χ4n) is 1.65. The first-order chi connectivity index (χ1) is 9.08. The molecule has 0 aliphatic carbocycles. The molecule has 3 nitrogen and oxygen atoms in total. The zero-order valence-electron chi connectivity index (χ0n) is 9.99. The van der Waals surface area contributed by atoms with Gasteiger partial charge in [0.05, 0.1) is 10.7 Å². The monoisotopic (exact) mass is 278 g/mol. The summed E-state index contributed by atoms with van der Waals surface area (Å²) in [5.41, 5.74) is 6.60. The molecule has 98 valence electrons. The van der Waals surface area contributed by atoms with Crippen molar-refractivity contribution in [3.8, 4) is 0 Å². The van der Waals surface area contributed by atoms with Crippen molar-refractivity contribution in [2.75, 3.05) is 5.32 Å². The van der Waals surface area contributed by atoms with Crippen LogP contribution in [-0.4, -0.2) is 5.91 Å². The fraction of sp³-hybridized carbons (Fsp3) is 0.0714. The van der Waals surface area contributed by atoms with Crippen LogP contribution in [0.5, 0.6) is 0 Å². The highest BCUT2D eigenvalue weighted by atomic mass is 35.5. The number of halogens is 2. The van der Waals surface area contributed by atoms with E-state index in [1.165, 1.54) is 6.07 Å². The molecular weight excluding hydrogens is 267 g/mol. The second-order valence-electron chi connectivity index (χ2n) is 4.00. The highest BCUT2D eigenvalue weighted by molar-refractivity contribution is 6.33. The normalized spacial score (nSPS) is 10.2. The molecule has 5 heteroatoms. The average molecular weight is 279 g/mol. The zero-order chi connectivity index (χ0) is 13.8. The van der Waals surface area contributed by atoms with Gasteiger partial charge in [-0.15, -0.1) is 0 Å². The van der Waals surface area contributed by atoms with Gasteiger partial charge in [-0.3, -0.25) is 4.79 Å². The summed E-state index contributed by atoms with van der Waals surface area (Å²) in [4.78, 5) is 11.1. The smallest absolute Gasteiger partial charge is 0.248 e. The van der Waals surface area contributed by atoms with Gasteiger partial charge in [-0.25, -0.2) is 4.39 Å². The number of hydrogen-bond donors (Lipinski definition) is 2. The van der Waals surface area contributed by atoms with Crippen LogP contribution in [0.3, 0.4) is 0 Å². The zero-order valence-corrected chi connectivity index (χ0v) is 10.7. The Kier molecular flexibility index (Phi) is 4.02. The Balaban J connectivity index is 2.17. The van der Waals surface area contributed by atoms with Crippen LogP contribution in [0, 0.1) is 5.82 Å². The molecule has 0 saturated carbocycles. The Labute approximate surface area is 115 Å². The molecule has 0 aromatic heterocycles. The van der Waals surface area contributed by atoms with E-state index in [-0.39, 0.29) is 12.4 Å². The maximum Gasteiger partial charge on any atom is 0.248 e. The predicted molar refractivity (Wildman–Crippen MR) is 73.7 cm³/mol. The molecule has 1 amide bonds. The number of nitrogens with two attached hydrogens (primary N) is 1. The topological polar surface area (TPSA) is 55.1 Å². The fourth-order valence-corrected chi connectivity index (χ4v) is 1.83. The van der Waals surface area contributed by atoms with E-state index in [1.807, 2.05) is 0 Å². The molecule has 0 unspecified atom stereocenters. The Morgan fingerprint density at radius 2 is 2.00 bits per heavy atom. The predicted octanol–water partition coefficient (Wildman–Crippen LogP) is 3.19. The van der Waals surface area contributed by atoms with Crippen LogP contribution < -0.4 is 11.1 Å². The van der Waals surface area contributed by atoms with E-state index in [1.54, 1.807) is 36.4 Å². The van der Waals surface area contributed by atoms with Gasteiger partial charge in [0.25, 0.3) is 0 Å². The SMILES string of the molecule is NC(=O)c1ccc(Cl)c(NCc2ccccc2F)c1. The highest BCUT2D eigenvalue weighted by Gasteiger charge is 2.07. The van der Waals surface area contributed by atoms with E-state index in [2.05, 4.69) is 5.32 Å². The van der Waals surface area contributed by atoms with Crippen LogP contribution in [0.25, 0.3) is 0 Å². The second-order valence-corrected chi connectivity index (χ2v) is 4.41. The van der Waals surface area contributed by atoms with Gasteiger partial charge in [-0.2, -0.15) is 0 Å². The van der Waals surface area contributed by atoms with Crippen LogP contribution in [0.4, 0.5) is 10.1 Å². The van der Waals surface area contributed by atoms with E-state index in [9.17, 15) is 9.18 Å². The van der Waals surface area contributed by atoms with Crippen molar-refractivity contribution < 1.29 is 9.18 Å². The number of rotatable bonds is 4. The molecule has 0 aliphatic heterocycles. The number of anilines is 1. The maximum absolute atomic E-state index is 13.5. The summed E-state index contributed by atoms with van der Waals surface area (Å²) in [5, 5.41) is 3.43. The van der Waals surface area contributed by atoms with E-state index in [0.29, 0.717) is 21.8 Å². The van der Waals surface area contributed by atoms with Crippen LogP contribution >= 0.6 is 11.6 Å². The number of benzene rings is 2. The second kappa shape index (κ2) is 5.71. The summed E-state index contributed by atoms with van der Waals surface area (Å²) in [7, 11) is 0. The molecule has 0 radical (unpaired) electrons. The molecule has 3 N–H and O–H groups in total. The largest absolute Gasteiger partial charge is 0.380 e. The third kappa shape index (κ3) is 3.23. The van der Waals surface area contributed by atoms with Gasteiger partial charge in [0.15, 0.2) is 0 Å². The van der Waals surface area contributed by atoms with Crippen LogP contribution in [0.1, 0.15) is 15.9 Å². The van der Waals surface area contributed by atoms with Crippen molar-refractivity contribution in [1.82, 2.24) is 0 Å². The number of carbonyl (C=O) groups is 1. The minimum Gasteiger partial charge on any atom is -0.380 e. The van der Waals surface area contributed by atoms with E-state index >= 15 is 0 Å². The van der Waals surface area contributed by atoms with E-state index < -0.39 is 5.91 Å². The Bertz CT molecular complexity index is 616. The number of carbonyl (C=O) groups excluding carboxylic acids is 1. The summed E-state index contributed by atoms with van der Waals surface area (Å²) >= 11 is 6.00. The number of primary amides is 1. The summed E-state index contributed by atoms with van der Waals surface area (Å²) in [6.45, 7) is 0.272. The number of hydrogen-bond acceptors (Lipinski definition) is 2. The summed E-state index contributed by atoms with van der Waals surface area (Å²) < 4.78 is 13.5. The molecule has 0 atom stereocenters. The molecule has 0 heterocycles. The highest BCUT2D eigenvalue weighted by Crippen LogP contribution is 2.23. The Morgan fingerprint density at radius 3 is 2.68 bits per heavy atom. The Hall–Kier alpha value is -2.07. The van der Waals surface area contributed by atoms with Crippen molar-refractivity contribution in [2.24, 2.45) is 5.73 Å². The molecule has 0 spiro atoms. The van der Waals surface area contributed by atoms with Crippen molar-refractivity contribution in [2.45, 2.75) is 6.54 Å². The van der Waals surface area contributed by atoms with Crippen LogP contribution in [0.15, 0.2) is 42.5 Å². The van der Waals surface area contributed by atoms with Crippen molar-refractivity contribution >= 4 is 23.2 Å². The number of nitrogens with one attached hydrogen (secondary N) is 1.